The third-order valence-corrected chi connectivity index (χ3v) is 6.55. The predicted octanol–water partition coefficient (Wildman–Crippen LogP) is 4.45. The highest BCUT2D eigenvalue weighted by Crippen LogP contribution is 2.30. The molecule has 0 spiro atoms. The Bertz CT molecular complexity index is 1170. The average molecular weight is 504 g/mol. The minimum Gasteiger partial charge on any atom is -0.497 e. The highest BCUT2D eigenvalue weighted by Gasteiger charge is 2.27. The molecular formula is C29H30ClN3O3. The fourth-order valence-electron chi connectivity index (χ4n) is 4.34. The van der Waals surface area contributed by atoms with Crippen LogP contribution in [-0.4, -0.2) is 54.9 Å². The summed E-state index contributed by atoms with van der Waals surface area (Å²) in [6.07, 6.45) is 2.66. The molecule has 0 aromatic heterocycles. The normalized spacial score (nSPS) is 15.0. The second kappa shape index (κ2) is 12.4. The number of hydrogen-bond acceptors (Lipinski definition) is 4. The fourth-order valence-corrected chi connectivity index (χ4v) is 4.46. The Balaban J connectivity index is 1.31. The van der Waals surface area contributed by atoms with Crippen LogP contribution in [0.3, 0.4) is 0 Å². The van der Waals surface area contributed by atoms with Gasteiger partial charge in [-0.1, -0.05) is 66.2 Å². The molecule has 1 unspecified atom stereocenters. The van der Waals surface area contributed by atoms with Gasteiger partial charge < -0.3 is 15.0 Å². The minimum absolute atomic E-state index is 0.0833. The number of nitrogens with zero attached hydrogens (tertiary/aromatic N) is 2. The van der Waals surface area contributed by atoms with E-state index in [9.17, 15) is 9.59 Å². The first kappa shape index (κ1) is 25.5. The van der Waals surface area contributed by atoms with Crippen LogP contribution in [0.1, 0.15) is 22.7 Å². The summed E-state index contributed by atoms with van der Waals surface area (Å²) in [5.41, 5.74) is 3.32. The molecule has 0 radical (unpaired) electrons. The minimum atomic E-state index is -0.301. The maximum absolute atomic E-state index is 12.7. The molecule has 1 heterocycles. The van der Waals surface area contributed by atoms with Crippen LogP contribution in [0.15, 0.2) is 91.0 Å². The SMILES string of the molecule is COc1ccc(CNC(=O)/C=C\C(=O)N2CCN(C(c3ccccc3)c3ccc(Cl)cc3)CC2)cc1. The first-order valence-corrected chi connectivity index (χ1v) is 12.3. The van der Waals surface area contributed by atoms with Crippen LogP contribution in [0.2, 0.25) is 5.02 Å². The van der Waals surface area contributed by atoms with Gasteiger partial charge in [-0.25, -0.2) is 0 Å². The molecule has 1 saturated heterocycles. The summed E-state index contributed by atoms with van der Waals surface area (Å²) in [6.45, 7) is 3.02. The third kappa shape index (κ3) is 6.74. The first-order chi connectivity index (χ1) is 17.5. The number of piperazine rings is 1. The van der Waals surface area contributed by atoms with Crippen molar-refractivity contribution >= 4 is 23.4 Å². The van der Waals surface area contributed by atoms with Crippen LogP contribution in [0.5, 0.6) is 5.75 Å². The number of carbonyl (C=O) groups is 2. The van der Waals surface area contributed by atoms with E-state index in [-0.39, 0.29) is 17.9 Å². The number of hydrogen-bond donors (Lipinski definition) is 1. The van der Waals surface area contributed by atoms with Crippen molar-refractivity contribution in [3.8, 4) is 5.75 Å². The molecule has 0 saturated carbocycles. The van der Waals surface area contributed by atoms with Crippen molar-refractivity contribution in [3.05, 3.63) is 113 Å². The average Bonchev–Trinajstić information content (AvgIpc) is 2.93. The van der Waals surface area contributed by atoms with E-state index in [0.717, 1.165) is 24.4 Å². The number of amides is 2. The summed E-state index contributed by atoms with van der Waals surface area (Å²) in [5, 5.41) is 3.51. The van der Waals surface area contributed by atoms with Gasteiger partial charge in [0.25, 0.3) is 0 Å². The van der Waals surface area contributed by atoms with E-state index < -0.39 is 0 Å². The summed E-state index contributed by atoms with van der Waals surface area (Å²) >= 11 is 6.12. The molecule has 4 rings (SSSR count). The number of rotatable bonds is 8. The van der Waals surface area contributed by atoms with Gasteiger partial charge in [0.1, 0.15) is 5.75 Å². The van der Waals surface area contributed by atoms with Gasteiger partial charge in [-0.05, 0) is 41.0 Å². The predicted molar refractivity (Wildman–Crippen MR) is 142 cm³/mol. The molecule has 1 fully saturated rings. The largest absolute Gasteiger partial charge is 0.497 e. The number of methoxy groups -OCH3 is 1. The van der Waals surface area contributed by atoms with Gasteiger partial charge in [0.05, 0.1) is 13.2 Å². The van der Waals surface area contributed by atoms with Crippen LogP contribution in [0, 0.1) is 0 Å². The number of ether oxygens (including phenoxy) is 1. The standard InChI is InChI=1S/C29H30ClN3O3/c1-36-26-13-7-22(8-14-26)21-31-27(34)15-16-28(35)32-17-19-33(20-18-32)29(23-5-3-2-4-6-23)24-9-11-25(30)12-10-24/h2-16,29H,17-21H2,1H3,(H,31,34)/b16-15-. The molecule has 186 valence electrons. The van der Waals surface area contributed by atoms with E-state index in [1.54, 1.807) is 12.0 Å². The van der Waals surface area contributed by atoms with Crippen molar-refractivity contribution in [1.29, 1.82) is 0 Å². The van der Waals surface area contributed by atoms with Crippen LogP contribution in [0.4, 0.5) is 0 Å². The molecule has 1 N–H and O–H groups in total. The summed E-state index contributed by atoms with van der Waals surface area (Å²) in [7, 11) is 1.61. The number of nitrogens with one attached hydrogen (secondary N) is 1. The van der Waals surface area contributed by atoms with E-state index in [1.165, 1.54) is 23.3 Å². The van der Waals surface area contributed by atoms with Crippen molar-refractivity contribution in [2.24, 2.45) is 0 Å². The van der Waals surface area contributed by atoms with Crippen molar-refractivity contribution < 1.29 is 14.3 Å². The van der Waals surface area contributed by atoms with E-state index in [1.807, 2.05) is 54.6 Å². The number of halogens is 1. The lowest BCUT2D eigenvalue weighted by atomic mass is 9.96. The lowest BCUT2D eigenvalue weighted by molar-refractivity contribution is -0.128. The summed E-state index contributed by atoms with van der Waals surface area (Å²) in [6, 6.07) is 25.9. The van der Waals surface area contributed by atoms with Crippen LogP contribution in [0.25, 0.3) is 0 Å². The molecule has 0 aliphatic carbocycles. The Hall–Kier alpha value is -3.61. The van der Waals surface area contributed by atoms with Gasteiger partial charge in [0, 0.05) is 49.9 Å². The Morgan fingerprint density at radius 2 is 1.53 bits per heavy atom. The molecule has 36 heavy (non-hydrogen) atoms. The molecule has 0 bridgehead atoms. The van der Waals surface area contributed by atoms with Crippen molar-refractivity contribution in [3.63, 3.8) is 0 Å². The smallest absolute Gasteiger partial charge is 0.246 e. The fraction of sp³-hybridized carbons (Fsp3) is 0.241. The molecule has 1 aliphatic rings. The lowest BCUT2D eigenvalue weighted by Crippen LogP contribution is -2.49. The van der Waals surface area contributed by atoms with E-state index in [0.29, 0.717) is 24.7 Å². The molecule has 3 aromatic rings. The zero-order valence-electron chi connectivity index (χ0n) is 20.3. The van der Waals surface area contributed by atoms with Gasteiger partial charge in [-0.3, -0.25) is 14.5 Å². The van der Waals surface area contributed by atoms with E-state index in [4.69, 9.17) is 16.3 Å². The van der Waals surface area contributed by atoms with E-state index >= 15 is 0 Å². The lowest BCUT2D eigenvalue weighted by Gasteiger charge is -2.39. The van der Waals surface area contributed by atoms with Gasteiger partial charge in [0.15, 0.2) is 0 Å². The van der Waals surface area contributed by atoms with Crippen molar-refractivity contribution in [2.45, 2.75) is 12.6 Å². The molecular weight excluding hydrogens is 474 g/mol. The molecule has 2 amide bonds. The second-order valence-electron chi connectivity index (χ2n) is 8.63. The Kier molecular flexibility index (Phi) is 8.76. The monoisotopic (exact) mass is 503 g/mol. The Labute approximate surface area is 217 Å². The summed E-state index contributed by atoms with van der Waals surface area (Å²) < 4.78 is 5.14. The third-order valence-electron chi connectivity index (χ3n) is 6.30. The maximum Gasteiger partial charge on any atom is 0.246 e. The molecule has 1 aliphatic heterocycles. The van der Waals surface area contributed by atoms with Gasteiger partial charge in [-0.15, -0.1) is 0 Å². The zero-order valence-corrected chi connectivity index (χ0v) is 21.0. The van der Waals surface area contributed by atoms with Crippen LogP contribution >= 0.6 is 11.6 Å². The highest BCUT2D eigenvalue weighted by molar-refractivity contribution is 6.30. The Morgan fingerprint density at radius 3 is 2.17 bits per heavy atom. The topological polar surface area (TPSA) is 61.9 Å². The number of benzene rings is 3. The van der Waals surface area contributed by atoms with Gasteiger partial charge in [0.2, 0.25) is 11.8 Å². The van der Waals surface area contributed by atoms with Crippen molar-refractivity contribution in [1.82, 2.24) is 15.1 Å². The summed E-state index contributed by atoms with van der Waals surface area (Å²) in [5.74, 6) is 0.306. The van der Waals surface area contributed by atoms with Crippen LogP contribution in [-0.2, 0) is 16.1 Å². The maximum atomic E-state index is 12.7. The van der Waals surface area contributed by atoms with Crippen molar-refractivity contribution in [2.75, 3.05) is 33.3 Å². The van der Waals surface area contributed by atoms with Crippen LogP contribution < -0.4 is 10.1 Å². The van der Waals surface area contributed by atoms with E-state index in [2.05, 4.69) is 34.5 Å². The van der Waals surface area contributed by atoms with Gasteiger partial charge in [-0.2, -0.15) is 0 Å². The molecule has 6 nitrogen and oxygen atoms in total. The second-order valence-corrected chi connectivity index (χ2v) is 9.06. The highest BCUT2D eigenvalue weighted by atomic mass is 35.5. The quantitative estimate of drug-likeness (QED) is 0.461. The molecule has 3 aromatic carbocycles. The molecule has 1 atom stereocenters. The number of carbonyl (C=O) groups excluding carboxylic acids is 2. The first-order valence-electron chi connectivity index (χ1n) is 12.0. The summed E-state index contributed by atoms with van der Waals surface area (Å²) in [4.78, 5) is 29.1. The Morgan fingerprint density at radius 1 is 0.889 bits per heavy atom. The molecule has 7 heteroatoms. The van der Waals surface area contributed by atoms with Gasteiger partial charge >= 0.3 is 0 Å². The zero-order chi connectivity index (χ0) is 25.3.